The lowest BCUT2D eigenvalue weighted by molar-refractivity contribution is 0.766. The summed E-state index contributed by atoms with van der Waals surface area (Å²) in [6, 6.07) is 15.9. The third-order valence-corrected chi connectivity index (χ3v) is 3.83. The van der Waals surface area contributed by atoms with E-state index in [1.165, 1.54) is 11.1 Å². The Morgan fingerprint density at radius 1 is 0.864 bits per heavy atom. The van der Waals surface area contributed by atoms with Crippen LogP contribution in [0.4, 0.5) is 0 Å². The molecule has 22 heavy (non-hydrogen) atoms. The minimum Gasteiger partial charge on any atom is -0.330 e. The summed E-state index contributed by atoms with van der Waals surface area (Å²) in [5.41, 5.74) is 9.24. The molecular weight excluding hydrogens is 337 g/mol. The highest BCUT2D eigenvalue weighted by Crippen LogP contribution is 2.25. The number of nitrogens with two attached hydrogens (primary N) is 1. The Morgan fingerprint density at radius 3 is 1.95 bits per heavy atom. The monoisotopic (exact) mass is 355 g/mol. The first kappa shape index (κ1) is 19.1. The van der Waals surface area contributed by atoms with Gasteiger partial charge in [-0.1, -0.05) is 53.5 Å². The third-order valence-electron chi connectivity index (χ3n) is 3.33. The maximum atomic E-state index is 5.97. The van der Waals surface area contributed by atoms with E-state index in [1.807, 2.05) is 36.4 Å². The van der Waals surface area contributed by atoms with Gasteiger partial charge in [0.05, 0.1) is 0 Å². The number of halogens is 3. The Bertz CT molecular complexity index is 589. The van der Waals surface area contributed by atoms with E-state index in [-0.39, 0.29) is 12.4 Å². The standard InChI is InChI=1S/C18H19Cl2N.ClH/c19-17-8-4-14(5-9-17)13-16(3-1-2-12-21)15-6-10-18(20)11-7-15;/h4-11,13H,1-3,12,21H2;1H/b16-13-;. The molecule has 0 bridgehead atoms. The molecule has 0 aliphatic rings. The van der Waals surface area contributed by atoms with Crippen LogP contribution in [-0.4, -0.2) is 6.54 Å². The first-order chi connectivity index (χ1) is 10.2. The van der Waals surface area contributed by atoms with Crippen molar-refractivity contribution >= 4 is 47.3 Å². The zero-order valence-electron chi connectivity index (χ0n) is 12.3. The molecule has 2 aromatic carbocycles. The molecule has 0 fully saturated rings. The van der Waals surface area contributed by atoms with E-state index < -0.39 is 0 Å². The first-order valence-corrected chi connectivity index (χ1v) is 7.87. The number of allylic oxidation sites excluding steroid dienone is 1. The van der Waals surface area contributed by atoms with Gasteiger partial charge in [-0.3, -0.25) is 0 Å². The summed E-state index contributed by atoms with van der Waals surface area (Å²) in [4.78, 5) is 0. The number of hydrogen-bond donors (Lipinski definition) is 1. The second-order valence-corrected chi connectivity index (χ2v) is 5.85. The van der Waals surface area contributed by atoms with Gasteiger partial charge in [-0.25, -0.2) is 0 Å². The van der Waals surface area contributed by atoms with Crippen LogP contribution in [0.2, 0.25) is 10.0 Å². The predicted octanol–water partition coefficient (Wildman–Crippen LogP) is 6.08. The molecule has 0 unspecified atom stereocenters. The summed E-state index contributed by atoms with van der Waals surface area (Å²) < 4.78 is 0. The molecule has 2 N–H and O–H groups in total. The van der Waals surface area contributed by atoms with Gasteiger partial charge in [0, 0.05) is 10.0 Å². The van der Waals surface area contributed by atoms with Crippen molar-refractivity contribution in [2.24, 2.45) is 5.73 Å². The quantitative estimate of drug-likeness (QED) is 0.492. The van der Waals surface area contributed by atoms with Crippen molar-refractivity contribution in [2.45, 2.75) is 19.3 Å². The maximum Gasteiger partial charge on any atom is 0.0406 e. The fourth-order valence-electron chi connectivity index (χ4n) is 2.18. The van der Waals surface area contributed by atoms with Crippen LogP contribution in [0.15, 0.2) is 48.5 Å². The number of benzene rings is 2. The Hall–Kier alpha value is -0.990. The van der Waals surface area contributed by atoms with E-state index in [0.29, 0.717) is 0 Å². The van der Waals surface area contributed by atoms with Crippen molar-refractivity contribution in [2.75, 3.05) is 6.54 Å². The number of hydrogen-bond acceptors (Lipinski definition) is 1. The van der Waals surface area contributed by atoms with E-state index >= 15 is 0 Å². The van der Waals surface area contributed by atoms with Crippen molar-refractivity contribution in [3.05, 3.63) is 69.7 Å². The maximum absolute atomic E-state index is 5.97. The number of rotatable bonds is 6. The summed E-state index contributed by atoms with van der Waals surface area (Å²) in [6.07, 6.45) is 5.32. The second kappa shape index (κ2) is 9.91. The molecule has 0 radical (unpaired) electrons. The van der Waals surface area contributed by atoms with Crippen LogP contribution in [0.25, 0.3) is 11.6 Å². The lowest BCUT2D eigenvalue weighted by Gasteiger charge is -2.09. The van der Waals surface area contributed by atoms with Crippen LogP contribution >= 0.6 is 35.6 Å². The Morgan fingerprint density at radius 2 is 1.41 bits per heavy atom. The van der Waals surface area contributed by atoms with Gasteiger partial charge in [0.15, 0.2) is 0 Å². The lowest BCUT2D eigenvalue weighted by atomic mass is 9.97. The molecule has 0 aromatic heterocycles. The molecule has 0 saturated carbocycles. The van der Waals surface area contributed by atoms with E-state index in [1.54, 1.807) is 0 Å². The van der Waals surface area contributed by atoms with Crippen molar-refractivity contribution in [1.29, 1.82) is 0 Å². The average molecular weight is 357 g/mol. The van der Waals surface area contributed by atoms with Crippen LogP contribution in [0.3, 0.4) is 0 Å². The molecule has 2 rings (SSSR count). The second-order valence-electron chi connectivity index (χ2n) is 4.97. The van der Waals surface area contributed by atoms with Crippen LogP contribution < -0.4 is 5.73 Å². The first-order valence-electron chi connectivity index (χ1n) is 7.11. The third kappa shape index (κ3) is 6.02. The molecule has 0 spiro atoms. The molecule has 4 heteroatoms. The highest BCUT2D eigenvalue weighted by atomic mass is 35.5. The van der Waals surface area contributed by atoms with Crippen LogP contribution in [-0.2, 0) is 0 Å². The summed E-state index contributed by atoms with van der Waals surface area (Å²) in [5.74, 6) is 0. The summed E-state index contributed by atoms with van der Waals surface area (Å²) in [5, 5.41) is 1.51. The van der Waals surface area contributed by atoms with E-state index in [4.69, 9.17) is 28.9 Å². The molecule has 0 amide bonds. The molecule has 0 atom stereocenters. The van der Waals surface area contributed by atoms with Gasteiger partial charge < -0.3 is 5.73 Å². The van der Waals surface area contributed by atoms with Gasteiger partial charge in [-0.05, 0) is 66.8 Å². The smallest absolute Gasteiger partial charge is 0.0406 e. The van der Waals surface area contributed by atoms with Gasteiger partial charge in [0.2, 0.25) is 0 Å². The van der Waals surface area contributed by atoms with Crippen molar-refractivity contribution < 1.29 is 0 Å². The molecule has 2 aromatic rings. The zero-order valence-corrected chi connectivity index (χ0v) is 14.6. The van der Waals surface area contributed by atoms with Crippen LogP contribution in [0, 0.1) is 0 Å². The highest BCUT2D eigenvalue weighted by molar-refractivity contribution is 6.30. The van der Waals surface area contributed by atoms with Gasteiger partial charge in [-0.15, -0.1) is 12.4 Å². The topological polar surface area (TPSA) is 26.0 Å². The van der Waals surface area contributed by atoms with E-state index in [9.17, 15) is 0 Å². The Labute approximate surface area is 148 Å². The normalized spacial score (nSPS) is 11.1. The minimum absolute atomic E-state index is 0. The van der Waals surface area contributed by atoms with Gasteiger partial charge in [0.25, 0.3) is 0 Å². The molecule has 118 valence electrons. The van der Waals surface area contributed by atoms with Crippen molar-refractivity contribution in [3.8, 4) is 0 Å². The van der Waals surface area contributed by atoms with Gasteiger partial charge in [0.1, 0.15) is 0 Å². The molecule has 0 saturated heterocycles. The van der Waals surface area contributed by atoms with E-state index in [2.05, 4.69) is 18.2 Å². The largest absolute Gasteiger partial charge is 0.330 e. The average Bonchev–Trinajstić information content (AvgIpc) is 2.49. The number of unbranched alkanes of at least 4 members (excludes halogenated alkanes) is 1. The summed E-state index contributed by atoms with van der Waals surface area (Å²) in [7, 11) is 0. The Kier molecular flexibility index (Phi) is 8.59. The predicted molar refractivity (Wildman–Crippen MR) is 101 cm³/mol. The fourth-order valence-corrected chi connectivity index (χ4v) is 2.44. The van der Waals surface area contributed by atoms with Crippen molar-refractivity contribution in [1.82, 2.24) is 0 Å². The molecule has 0 aliphatic heterocycles. The lowest BCUT2D eigenvalue weighted by Crippen LogP contribution is -1.98. The summed E-state index contributed by atoms with van der Waals surface area (Å²) in [6.45, 7) is 0.731. The minimum atomic E-state index is 0. The SMILES string of the molecule is Cl.NCCCC/C(=C/c1ccc(Cl)cc1)c1ccc(Cl)cc1. The van der Waals surface area contributed by atoms with E-state index in [0.717, 1.165) is 41.4 Å². The molecule has 1 nitrogen and oxygen atoms in total. The fraction of sp³-hybridized carbons (Fsp3) is 0.222. The van der Waals surface area contributed by atoms with Gasteiger partial charge >= 0.3 is 0 Å². The Balaban J connectivity index is 0.00000242. The van der Waals surface area contributed by atoms with Crippen LogP contribution in [0.1, 0.15) is 30.4 Å². The zero-order chi connectivity index (χ0) is 15.1. The van der Waals surface area contributed by atoms with Crippen LogP contribution in [0.5, 0.6) is 0 Å². The van der Waals surface area contributed by atoms with Gasteiger partial charge in [-0.2, -0.15) is 0 Å². The highest BCUT2D eigenvalue weighted by Gasteiger charge is 2.03. The summed E-state index contributed by atoms with van der Waals surface area (Å²) >= 11 is 11.9. The molecular formula is C18H20Cl3N. The molecule has 0 aliphatic carbocycles. The molecule has 0 heterocycles. The van der Waals surface area contributed by atoms with Crippen molar-refractivity contribution in [3.63, 3.8) is 0 Å².